The van der Waals surface area contributed by atoms with Crippen LogP contribution in [0.15, 0.2) is 0 Å². The van der Waals surface area contributed by atoms with E-state index in [1.165, 1.54) is 12.8 Å². The van der Waals surface area contributed by atoms with E-state index >= 15 is 0 Å². The van der Waals surface area contributed by atoms with Crippen molar-refractivity contribution in [3.8, 4) is 0 Å². The van der Waals surface area contributed by atoms with Gasteiger partial charge in [0.2, 0.25) is 0 Å². The summed E-state index contributed by atoms with van der Waals surface area (Å²) in [6.45, 7) is 2.51. The van der Waals surface area contributed by atoms with Crippen molar-refractivity contribution in [2.45, 2.75) is 44.2 Å². The second-order valence-electron chi connectivity index (χ2n) is 4.73. The van der Waals surface area contributed by atoms with E-state index in [9.17, 15) is 5.11 Å². The lowest BCUT2D eigenvalue weighted by Crippen LogP contribution is -2.38. The predicted octanol–water partition coefficient (Wildman–Crippen LogP) is 0.604. The van der Waals surface area contributed by atoms with Gasteiger partial charge in [-0.15, -0.1) is 0 Å². The number of likely N-dealkylation sites (tertiary alicyclic amines) is 1. The van der Waals surface area contributed by atoms with Gasteiger partial charge < -0.3 is 10.2 Å². The first-order valence-corrected chi connectivity index (χ1v) is 5.84. The third kappa shape index (κ3) is 2.10. The molecule has 3 atom stereocenters. The van der Waals surface area contributed by atoms with Crippen molar-refractivity contribution in [1.29, 1.82) is 0 Å². The normalized spacial score (nSPS) is 39.4. The molecule has 0 amide bonds. The van der Waals surface area contributed by atoms with E-state index in [1.54, 1.807) is 0 Å². The highest BCUT2D eigenvalue weighted by Crippen LogP contribution is 2.29. The van der Waals surface area contributed by atoms with Crippen LogP contribution in [-0.2, 0) is 0 Å². The largest absolute Gasteiger partial charge is 0.396 e. The van der Waals surface area contributed by atoms with Crippen LogP contribution in [0.5, 0.6) is 0 Å². The summed E-state index contributed by atoms with van der Waals surface area (Å²) in [7, 11) is 0. The van der Waals surface area contributed by atoms with Gasteiger partial charge in [-0.25, -0.2) is 0 Å². The molecule has 1 heterocycles. The Bertz CT molecular complexity index is 186. The number of nitrogens with zero attached hydrogens (tertiary/aromatic N) is 1. The summed E-state index contributed by atoms with van der Waals surface area (Å²) in [4.78, 5) is 2.43. The van der Waals surface area contributed by atoms with Crippen molar-refractivity contribution >= 4 is 0 Å². The van der Waals surface area contributed by atoms with E-state index in [1.807, 2.05) is 0 Å². The molecule has 2 rings (SSSR count). The van der Waals surface area contributed by atoms with Gasteiger partial charge >= 0.3 is 0 Å². The maximum Gasteiger partial charge on any atom is 0.0695 e. The van der Waals surface area contributed by atoms with Crippen molar-refractivity contribution in [1.82, 2.24) is 4.90 Å². The maximum absolute atomic E-state index is 9.77. The molecular weight excluding hydrogens is 178 g/mol. The van der Waals surface area contributed by atoms with E-state index in [0.29, 0.717) is 18.6 Å². The molecule has 0 radical (unpaired) electrons. The fraction of sp³-hybridized carbons (Fsp3) is 1.00. The first-order chi connectivity index (χ1) is 6.81. The molecule has 82 valence electrons. The zero-order valence-corrected chi connectivity index (χ0v) is 8.73. The summed E-state index contributed by atoms with van der Waals surface area (Å²) >= 11 is 0. The molecule has 14 heavy (non-hydrogen) atoms. The fourth-order valence-corrected chi connectivity index (χ4v) is 2.93. The first-order valence-electron chi connectivity index (χ1n) is 5.84. The van der Waals surface area contributed by atoms with Gasteiger partial charge in [0.25, 0.3) is 0 Å². The van der Waals surface area contributed by atoms with Crippen molar-refractivity contribution in [3.05, 3.63) is 0 Å². The van der Waals surface area contributed by atoms with Gasteiger partial charge in [0.15, 0.2) is 0 Å². The van der Waals surface area contributed by atoms with E-state index in [4.69, 9.17) is 5.11 Å². The minimum Gasteiger partial charge on any atom is -0.396 e. The van der Waals surface area contributed by atoms with Crippen LogP contribution in [0.25, 0.3) is 0 Å². The summed E-state index contributed by atoms with van der Waals surface area (Å²) in [6, 6.07) is 0.415. The van der Waals surface area contributed by atoms with Crippen LogP contribution >= 0.6 is 0 Å². The minimum atomic E-state index is -0.0946. The number of hydrogen-bond donors (Lipinski definition) is 2. The summed E-state index contributed by atoms with van der Waals surface area (Å²) < 4.78 is 0. The summed E-state index contributed by atoms with van der Waals surface area (Å²) in [6.07, 6.45) is 5.34. The van der Waals surface area contributed by atoms with Crippen LogP contribution in [-0.4, -0.2) is 47.0 Å². The Labute approximate surface area is 85.7 Å². The monoisotopic (exact) mass is 199 g/mol. The molecule has 2 aliphatic rings. The summed E-state index contributed by atoms with van der Waals surface area (Å²) in [5.41, 5.74) is 0. The van der Waals surface area contributed by atoms with Crippen molar-refractivity contribution in [2.24, 2.45) is 5.92 Å². The second-order valence-corrected chi connectivity index (χ2v) is 4.73. The Balaban J connectivity index is 1.82. The molecule has 0 spiro atoms. The Morgan fingerprint density at radius 2 is 2.07 bits per heavy atom. The summed E-state index contributed by atoms with van der Waals surface area (Å²) in [5, 5.41) is 18.6. The molecule has 2 N–H and O–H groups in total. The molecule has 0 aromatic rings. The minimum absolute atomic E-state index is 0.0946. The van der Waals surface area contributed by atoms with Gasteiger partial charge in [0, 0.05) is 19.2 Å². The highest BCUT2D eigenvalue weighted by molar-refractivity contribution is 4.89. The Morgan fingerprint density at radius 3 is 2.71 bits per heavy atom. The lowest BCUT2D eigenvalue weighted by atomic mass is 10.1. The molecule has 0 aromatic heterocycles. The topological polar surface area (TPSA) is 43.7 Å². The van der Waals surface area contributed by atoms with Crippen LogP contribution in [0, 0.1) is 5.92 Å². The third-order valence-corrected chi connectivity index (χ3v) is 3.77. The highest BCUT2D eigenvalue weighted by Gasteiger charge is 2.34. The van der Waals surface area contributed by atoms with E-state index in [2.05, 4.69) is 4.90 Å². The van der Waals surface area contributed by atoms with E-state index < -0.39 is 0 Å². The Kier molecular flexibility index (Phi) is 3.42. The molecule has 0 aromatic carbocycles. The molecule has 1 saturated carbocycles. The van der Waals surface area contributed by atoms with Gasteiger partial charge in [-0.05, 0) is 44.6 Å². The fourth-order valence-electron chi connectivity index (χ4n) is 2.93. The van der Waals surface area contributed by atoms with Gasteiger partial charge in [-0.3, -0.25) is 4.90 Å². The standard InChI is InChI=1S/C11H21NO2/c13-7-5-9-4-6-12(8-9)10-2-1-3-11(10)14/h9-11,13-14H,1-8H2/t9?,10-,11-/m0/s1. The smallest absolute Gasteiger partial charge is 0.0695 e. The van der Waals surface area contributed by atoms with Crippen LogP contribution < -0.4 is 0 Å². The zero-order chi connectivity index (χ0) is 9.97. The van der Waals surface area contributed by atoms with Crippen LogP contribution in [0.4, 0.5) is 0 Å². The highest BCUT2D eigenvalue weighted by atomic mass is 16.3. The molecule has 1 aliphatic carbocycles. The number of aliphatic hydroxyl groups is 2. The lowest BCUT2D eigenvalue weighted by molar-refractivity contribution is 0.0822. The SMILES string of the molecule is OCCC1CCN([C@H]2CCC[C@@H]2O)C1. The van der Waals surface area contributed by atoms with E-state index in [-0.39, 0.29) is 6.10 Å². The van der Waals surface area contributed by atoms with Gasteiger partial charge in [-0.2, -0.15) is 0 Å². The maximum atomic E-state index is 9.77. The van der Waals surface area contributed by atoms with Gasteiger partial charge in [-0.1, -0.05) is 0 Å². The second kappa shape index (κ2) is 4.60. The number of hydrogen-bond acceptors (Lipinski definition) is 3. The van der Waals surface area contributed by atoms with Gasteiger partial charge in [0.05, 0.1) is 6.10 Å². The summed E-state index contributed by atoms with van der Waals surface area (Å²) in [5.74, 6) is 0.660. The average Bonchev–Trinajstić information content (AvgIpc) is 2.74. The number of rotatable bonds is 3. The van der Waals surface area contributed by atoms with Gasteiger partial charge in [0.1, 0.15) is 0 Å². The van der Waals surface area contributed by atoms with Crippen LogP contribution in [0.2, 0.25) is 0 Å². The molecule has 3 nitrogen and oxygen atoms in total. The lowest BCUT2D eigenvalue weighted by Gasteiger charge is -2.26. The zero-order valence-electron chi connectivity index (χ0n) is 8.73. The molecular formula is C11H21NO2. The molecule has 0 bridgehead atoms. The number of aliphatic hydroxyl groups excluding tert-OH is 2. The Morgan fingerprint density at radius 1 is 1.21 bits per heavy atom. The molecule has 2 fully saturated rings. The molecule has 1 aliphatic heterocycles. The van der Waals surface area contributed by atoms with Crippen molar-refractivity contribution < 1.29 is 10.2 Å². The molecule has 1 unspecified atom stereocenters. The molecule has 1 saturated heterocycles. The van der Waals surface area contributed by atoms with Crippen LogP contribution in [0.3, 0.4) is 0 Å². The molecule has 3 heteroatoms. The third-order valence-electron chi connectivity index (χ3n) is 3.77. The van der Waals surface area contributed by atoms with Crippen molar-refractivity contribution in [2.75, 3.05) is 19.7 Å². The quantitative estimate of drug-likeness (QED) is 0.699. The Hall–Kier alpha value is -0.120. The predicted molar refractivity (Wildman–Crippen MR) is 55.0 cm³/mol. The first kappa shape index (κ1) is 10.4. The van der Waals surface area contributed by atoms with Crippen molar-refractivity contribution in [3.63, 3.8) is 0 Å². The van der Waals surface area contributed by atoms with E-state index in [0.717, 1.165) is 32.4 Å². The average molecular weight is 199 g/mol. The van der Waals surface area contributed by atoms with Crippen LogP contribution in [0.1, 0.15) is 32.1 Å².